The van der Waals surface area contributed by atoms with E-state index in [4.69, 9.17) is 4.74 Å². The third-order valence-electron chi connectivity index (χ3n) is 5.72. The molecule has 4 rings (SSSR count). The van der Waals surface area contributed by atoms with Crippen molar-refractivity contribution in [1.29, 1.82) is 0 Å². The second-order valence-electron chi connectivity index (χ2n) is 8.77. The molecule has 6 heteroatoms. The molecule has 0 fully saturated rings. The lowest BCUT2D eigenvalue weighted by molar-refractivity contribution is -0.114. The zero-order valence-electron chi connectivity index (χ0n) is 20.9. The minimum absolute atomic E-state index is 0.108. The van der Waals surface area contributed by atoms with Gasteiger partial charge in [-0.2, -0.15) is 0 Å². The van der Waals surface area contributed by atoms with Crippen LogP contribution < -0.4 is 20.7 Å². The first-order valence-electron chi connectivity index (χ1n) is 12.3. The number of benzene rings is 4. The zero-order chi connectivity index (χ0) is 25.9. The highest BCUT2D eigenvalue weighted by Crippen LogP contribution is 2.19. The summed E-state index contributed by atoms with van der Waals surface area (Å²) in [7, 11) is 0. The first-order chi connectivity index (χ1) is 18.0. The van der Waals surface area contributed by atoms with E-state index in [0.717, 1.165) is 29.8 Å². The Morgan fingerprint density at radius 2 is 1.49 bits per heavy atom. The Morgan fingerprint density at radius 1 is 0.730 bits per heavy atom. The van der Waals surface area contributed by atoms with Crippen LogP contribution in [0.5, 0.6) is 5.75 Å². The van der Waals surface area contributed by atoms with Crippen LogP contribution in [0.4, 0.5) is 17.1 Å². The highest BCUT2D eigenvalue weighted by Gasteiger charge is 2.07. The monoisotopic (exact) mass is 493 g/mol. The lowest BCUT2D eigenvalue weighted by Crippen LogP contribution is -2.21. The molecule has 0 saturated carbocycles. The Bertz CT molecular complexity index is 1320. The van der Waals surface area contributed by atoms with Gasteiger partial charge in [-0.05, 0) is 73.9 Å². The number of carbonyl (C=O) groups excluding carboxylic acids is 2. The molecule has 0 aromatic heterocycles. The van der Waals surface area contributed by atoms with E-state index in [9.17, 15) is 9.59 Å². The smallest absolute Gasteiger partial charge is 0.255 e. The Balaban J connectivity index is 1.19. The molecular weight excluding hydrogens is 462 g/mol. The Hall–Kier alpha value is -4.58. The van der Waals surface area contributed by atoms with Crippen molar-refractivity contribution in [2.75, 3.05) is 29.1 Å². The second-order valence-corrected chi connectivity index (χ2v) is 8.77. The molecule has 4 aromatic rings. The molecule has 0 aliphatic heterocycles. The van der Waals surface area contributed by atoms with E-state index in [-0.39, 0.29) is 18.4 Å². The quantitative estimate of drug-likeness (QED) is 0.214. The van der Waals surface area contributed by atoms with Crippen molar-refractivity contribution in [2.45, 2.75) is 19.8 Å². The molecule has 0 spiro atoms. The van der Waals surface area contributed by atoms with Gasteiger partial charge in [-0.1, -0.05) is 54.1 Å². The van der Waals surface area contributed by atoms with Gasteiger partial charge in [-0.3, -0.25) is 9.59 Å². The SMILES string of the molecule is Cc1cccc(C(=O)Nc2ccc(NCC(=O)Nc3cccc(OCCCc4ccccc4)c3)cc2)c1. The molecule has 0 aliphatic rings. The van der Waals surface area contributed by atoms with Gasteiger partial charge in [0.15, 0.2) is 0 Å². The molecule has 37 heavy (non-hydrogen) atoms. The van der Waals surface area contributed by atoms with Crippen LogP contribution in [0.2, 0.25) is 0 Å². The summed E-state index contributed by atoms with van der Waals surface area (Å²) in [6.45, 7) is 2.67. The predicted molar refractivity (Wildman–Crippen MR) is 149 cm³/mol. The number of hydrogen-bond acceptors (Lipinski definition) is 4. The first-order valence-corrected chi connectivity index (χ1v) is 12.3. The molecule has 0 unspecified atom stereocenters. The van der Waals surface area contributed by atoms with Crippen LogP contribution in [-0.4, -0.2) is 25.0 Å². The molecule has 4 aromatic carbocycles. The van der Waals surface area contributed by atoms with Crippen molar-refractivity contribution < 1.29 is 14.3 Å². The van der Waals surface area contributed by atoms with E-state index in [2.05, 4.69) is 28.1 Å². The molecule has 0 heterocycles. The number of carbonyl (C=O) groups is 2. The Morgan fingerprint density at radius 3 is 2.27 bits per heavy atom. The third-order valence-corrected chi connectivity index (χ3v) is 5.72. The van der Waals surface area contributed by atoms with E-state index in [1.165, 1.54) is 5.56 Å². The number of aryl methyl sites for hydroxylation is 2. The van der Waals surface area contributed by atoms with Crippen LogP contribution in [0.25, 0.3) is 0 Å². The van der Waals surface area contributed by atoms with Gasteiger partial charge in [0.2, 0.25) is 5.91 Å². The van der Waals surface area contributed by atoms with Gasteiger partial charge in [-0.15, -0.1) is 0 Å². The number of anilines is 3. The normalized spacial score (nSPS) is 10.4. The van der Waals surface area contributed by atoms with Crippen LogP contribution in [0, 0.1) is 6.92 Å². The maximum Gasteiger partial charge on any atom is 0.255 e. The van der Waals surface area contributed by atoms with Gasteiger partial charge in [0.05, 0.1) is 13.2 Å². The minimum atomic E-state index is -0.168. The van der Waals surface area contributed by atoms with Crippen molar-refractivity contribution in [3.8, 4) is 5.75 Å². The summed E-state index contributed by atoms with van der Waals surface area (Å²) in [5.41, 5.74) is 5.08. The number of hydrogen-bond donors (Lipinski definition) is 3. The van der Waals surface area contributed by atoms with Crippen molar-refractivity contribution in [2.24, 2.45) is 0 Å². The van der Waals surface area contributed by atoms with Gasteiger partial charge in [0.1, 0.15) is 5.75 Å². The number of amides is 2. The summed E-state index contributed by atoms with van der Waals surface area (Å²) >= 11 is 0. The molecule has 0 radical (unpaired) electrons. The topological polar surface area (TPSA) is 79.5 Å². The van der Waals surface area contributed by atoms with Gasteiger partial charge < -0.3 is 20.7 Å². The standard InChI is InChI=1S/C31H31N3O3/c1-23-8-5-12-25(20-23)31(36)34-27-17-15-26(16-18-27)32-22-30(35)33-28-13-6-14-29(21-28)37-19-7-11-24-9-3-2-4-10-24/h2-6,8-10,12-18,20-21,32H,7,11,19,22H2,1H3,(H,33,35)(H,34,36). The van der Waals surface area contributed by atoms with E-state index in [1.54, 1.807) is 18.2 Å². The summed E-state index contributed by atoms with van der Waals surface area (Å²) in [5.74, 6) is 0.395. The number of nitrogens with one attached hydrogen (secondary N) is 3. The maximum atomic E-state index is 12.4. The van der Waals surface area contributed by atoms with Crippen LogP contribution >= 0.6 is 0 Å². The van der Waals surface area contributed by atoms with E-state index < -0.39 is 0 Å². The van der Waals surface area contributed by atoms with Crippen molar-refractivity contribution >= 4 is 28.9 Å². The van der Waals surface area contributed by atoms with Crippen molar-refractivity contribution in [3.63, 3.8) is 0 Å². The Labute approximate surface area is 217 Å². The molecule has 0 bridgehead atoms. The van der Waals surface area contributed by atoms with Crippen molar-refractivity contribution in [1.82, 2.24) is 0 Å². The molecular formula is C31H31N3O3. The molecule has 3 N–H and O–H groups in total. The molecule has 6 nitrogen and oxygen atoms in total. The Kier molecular flexibility index (Phi) is 8.92. The number of rotatable bonds is 11. The molecule has 188 valence electrons. The summed E-state index contributed by atoms with van der Waals surface area (Å²) in [4.78, 5) is 24.8. The first kappa shape index (κ1) is 25.5. The fourth-order valence-electron chi connectivity index (χ4n) is 3.82. The molecule has 2 amide bonds. The fourth-order valence-corrected chi connectivity index (χ4v) is 3.82. The second kappa shape index (κ2) is 12.9. The van der Waals surface area contributed by atoms with E-state index in [1.807, 2.05) is 79.7 Å². The summed E-state index contributed by atoms with van der Waals surface area (Å²) < 4.78 is 5.86. The lowest BCUT2D eigenvalue weighted by atomic mass is 10.1. The summed E-state index contributed by atoms with van der Waals surface area (Å²) in [5, 5.41) is 8.88. The predicted octanol–water partition coefficient (Wildman–Crippen LogP) is 6.31. The lowest BCUT2D eigenvalue weighted by Gasteiger charge is -2.11. The van der Waals surface area contributed by atoms with E-state index in [0.29, 0.717) is 23.5 Å². The highest BCUT2D eigenvalue weighted by atomic mass is 16.5. The van der Waals surface area contributed by atoms with Crippen LogP contribution in [-0.2, 0) is 11.2 Å². The van der Waals surface area contributed by atoms with Gasteiger partial charge in [-0.25, -0.2) is 0 Å². The van der Waals surface area contributed by atoms with Crippen LogP contribution in [0.15, 0.2) is 103 Å². The van der Waals surface area contributed by atoms with Gasteiger partial charge >= 0.3 is 0 Å². The minimum Gasteiger partial charge on any atom is -0.494 e. The van der Waals surface area contributed by atoms with Gasteiger partial charge in [0, 0.05) is 28.7 Å². The van der Waals surface area contributed by atoms with Crippen LogP contribution in [0.3, 0.4) is 0 Å². The fraction of sp³-hybridized carbons (Fsp3) is 0.161. The third kappa shape index (κ3) is 8.25. The molecule has 0 aliphatic carbocycles. The van der Waals surface area contributed by atoms with E-state index >= 15 is 0 Å². The van der Waals surface area contributed by atoms with Crippen LogP contribution in [0.1, 0.15) is 27.9 Å². The summed E-state index contributed by atoms with van der Waals surface area (Å²) in [6.07, 6.45) is 1.88. The molecule has 0 saturated heterocycles. The number of ether oxygens (including phenoxy) is 1. The highest BCUT2D eigenvalue weighted by molar-refractivity contribution is 6.04. The average Bonchev–Trinajstić information content (AvgIpc) is 2.91. The van der Waals surface area contributed by atoms with Gasteiger partial charge in [0.25, 0.3) is 5.91 Å². The molecule has 0 atom stereocenters. The van der Waals surface area contributed by atoms with Crippen molar-refractivity contribution in [3.05, 3.63) is 120 Å². The average molecular weight is 494 g/mol. The largest absolute Gasteiger partial charge is 0.494 e. The zero-order valence-corrected chi connectivity index (χ0v) is 20.9. The maximum absolute atomic E-state index is 12.4. The summed E-state index contributed by atoms with van der Waals surface area (Å²) in [6, 6.07) is 32.4.